The van der Waals surface area contributed by atoms with Gasteiger partial charge in [0.2, 0.25) is 11.8 Å². The SMILES string of the molecule is CCOc1ccc(-c2cc(OC)nc(N)n2)cc1. The maximum absolute atomic E-state index is 5.62. The Morgan fingerprint density at radius 3 is 2.50 bits per heavy atom. The fourth-order valence-electron chi connectivity index (χ4n) is 1.58. The van der Waals surface area contributed by atoms with E-state index in [0.717, 1.165) is 17.0 Å². The number of benzene rings is 1. The first-order chi connectivity index (χ1) is 8.72. The zero-order valence-corrected chi connectivity index (χ0v) is 10.4. The van der Waals surface area contributed by atoms with Crippen LogP contribution in [-0.2, 0) is 0 Å². The number of methoxy groups -OCH3 is 1. The van der Waals surface area contributed by atoms with Crippen LogP contribution in [0.5, 0.6) is 11.6 Å². The van der Waals surface area contributed by atoms with Gasteiger partial charge in [0.15, 0.2) is 0 Å². The van der Waals surface area contributed by atoms with Crippen molar-refractivity contribution in [2.45, 2.75) is 6.92 Å². The average molecular weight is 245 g/mol. The van der Waals surface area contributed by atoms with Crippen molar-refractivity contribution in [3.8, 4) is 22.9 Å². The number of nitrogens with zero attached hydrogens (tertiary/aromatic N) is 2. The van der Waals surface area contributed by atoms with Crippen LogP contribution in [0.2, 0.25) is 0 Å². The predicted molar refractivity (Wildman–Crippen MR) is 69.6 cm³/mol. The Balaban J connectivity index is 2.33. The van der Waals surface area contributed by atoms with E-state index >= 15 is 0 Å². The fourth-order valence-corrected chi connectivity index (χ4v) is 1.58. The Hall–Kier alpha value is -2.30. The van der Waals surface area contributed by atoms with Crippen molar-refractivity contribution < 1.29 is 9.47 Å². The second-order valence-electron chi connectivity index (χ2n) is 3.61. The van der Waals surface area contributed by atoms with Crippen molar-refractivity contribution in [2.75, 3.05) is 19.5 Å². The number of nitrogens with two attached hydrogens (primary N) is 1. The molecule has 0 spiro atoms. The molecule has 2 aromatic rings. The summed E-state index contributed by atoms with van der Waals surface area (Å²) in [7, 11) is 1.55. The quantitative estimate of drug-likeness (QED) is 0.893. The molecule has 2 N–H and O–H groups in total. The van der Waals surface area contributed by atoms with E-state index < -0.39 is 0 Å². The van der Waals surface area contributed by atoms with E-state index in [2.05, 4.69) is 9.97 Å². The van der Waals surface area contributed by atoms with Gasteiger partial charge >= 0.3 is 0 Å². The summed E-state index contributed by atoms with van der Waals surface area (Å²) in [5.41, 5.74) is 7.28. The van der Waals surface area contributed by atoms with Crippen LogP contribution in [0.15, 0.2) is 30.3 Å². The molecule has 0 unspecified atom stereocenters. The lowest BCUT2D eigenvalue weighted by atomic mass is 10.1. The summed E-state index contributed by atoms with van der Waals surface area (Å²) < 4.78 is 10.4. The van der Waals surface area contributed by atoms with Gasteiger partial charge in [-0.25, -0.2) is 4.98 Å². The molecule has 0 amide bonds. The summed E-state index contributed by atoms with van der Waals surface area (Å²) in [6.45, 7) is 2.59. The Morgan fingerprint density at radius 1 is 1.17 bits per heavy atom. The Labute approximate surface area is 106 Å². The second-order valence-corrected chi connectivity index (χ2v) is 3.61. The number of nitrogen functional groups attached to an aromatic ring is 1. The summed E-state index contributed by atoms with van der Waals surface area (Å²) in [5, 5.41) is 0. The molecule has 0 aliphatic rings. The van der Waals surface area contributed by atoms with Gasteiger partial charge in [-0.2, -0.15) is 4.98 Å². The van der Waals surface area contributed by atoms with E-state index in [1.165, 1.54) is 0 Å². The highest BCUT2D eigenvalue weighted by molar-refractivity contribution is 5.62. The molecular weight excluding hydrogens is 230 g/mol. The summed E-state index contributed by atoms with van der Waals surface area (Å²) in [6.07, 6.45) is 0. The number of hydrogen-bond acceptors (Lipinski definition) is 5. The second kappa shape index (κ2) is 5.35. The van der Waals surface area contributed by atoms with Crippen molar-refractivity contribution in [3.63, 3.8) is 0 Å². The molecule has 0 saturated carbocycles. The summed E-state index contributed by atoms with van der Waals surface area (Å²) >= 11 is 0. The topological polar surface area (TPSA) is 70.3 Å². The van der Waals surface area contributed by atoms with Gasteiger partial charge in [-0.05, 0) is 31.2 Å². The van der Waals surface area contributed by atoms with Crippen LogP contribution >= 0.6 is 0 Å². The molecule has 1 aromatic carbocycles. The highest BCUT2D eigenvalue weighted by atomic mass is 16.5. The number of ether oxygens (including phenoxy) is 2. The van der Waals surface area contributed by atoms with E-state index in [9.17, 15) is 0 Å². The van der Waals surface area contributed by atoms with E-state index in [1.54, 1.807) is 13.2 Å². The maximum atomic E-state index is 5.62. The standard InChI is InChI=1S/C13H15N3O2/c1-3-18-10-6-4-9(5-7-10)11-8-12(17-2)16-13(14)15-11/h4-8H,3H2,1-2H3,(H2,14,15,16). The number of hydrogen-bond donors (Lipinski definition) is 1. The molecule has 2 rings (SSSR count). The molecule has 1 aromatic heterocycles. The number of rotatable bonds is 4. The third kappa shape index (κ3) is 2.68. The third-order valence-corrected chi connectivity index (χ3v) is 2.39. The third-order valence-electron chi connectivity index (χ3n) is 2.39. The van der Waals surface area contributed by atoms with Gasteiger partial charge in [-0.1, -0.05) is 0 Å². The molecule has 0 aliphatic heterocycles. The highest BCUT2D eigenvalue weighted by Crippen LogP contribution is 2.23. The first-order valence-corrected chi connectivity index (χ1v) is 5.64. The monoisotopic (exact) mass is 245 g/mol. The molecule has 1 heterocycles. The Bertz CT molecular complexity index is 526. The molecule has 0 bridgehead atoms. The minimum absolute atomic E-state index is 0.193. The van der Waals surface area contributed by atoms with Crippen molar-refractivity contribution >= 4 is 5.95 Å². The van der Waals surface area contributed by atoms with Crippen molar-refractivity contribution in [2.24, 2.45) is 0 Å². The van der Waals surface area contributed by atoms with Crippen LogP contribution in [-0.4, -0.2) is 23.7 Å². The van der Waals surface area contributed by atoms with E-state index in [0.29, 0.717) is 12.5 Å². The fraction of sp³-hybridized carbons (Fsp3) is 0.231. The average Bonchev–Trinajstić information content (AvgIpc) is 2.39. The molecule has 5 heteroatoms. The van der Waals surface area contributed by atoms with Gasteiger partial charge in [0.05, 0.1) is 19.4 Å². The maximum Gasteiger partial charge on any atom is 0.223 e. The first-order valence-electron chi connectivity index (χ1n) is 5.64. The Morgan fingerprint density at radius 2 is 1.89 bits per heavy atom. The molecule has 5 nitrogen and oxygen atoms in total. The van der Waals surface area contributed by atoms with Gasteiger partial charge in [0.1, 0.15) is 5.75 Å². The van der Waals surface area contributed by atoms with Crippen molar-refractivity contribution in [1.29, 1.82) is 0 Å². The first kappa shape index (κ1) is 12.2. The van der Waals surface area contributed by atoms with Crippen molar-refractivity contribution in [3.05, 3.63) is 30.3 Å². The van der Waals surface area contributed by atoms with Gasteiger partial charge < -0.3 is 15.2 Å². The molecule has 18 heavy (non-hydrogen) atoms. The van der Waals surface area contributed by atoms with Gasteiger partial charge in [0, 0.05) is 11.6 Å². The number of anilines is 1. The number of aromatic nitrogens is 2. The van der Waals surface area contributed by atoms with E-state index in [4.69, 9.17) is 15.2 Å². The summed E-state index contributed by atoms with van der Waals surface area (Å²) in [5.74, 6) is 1.47. The van der Waals surface area contributed by atoms with E-state index in [1.807, 2.05) is 31.2 Å². The molecule has 0 fully saturated rings. The lowest BCUT2D eigenvalue weighted by molar-refractivity contribution is 0.340. The normalized spacial score (nSPS) is 10.1. The Kier molecular flexibility index (Phi) is 3.62. The highest BCUT2D eigenvalue weighted by Gasteiger charge is 2.05. The molecule has 94 valence electrons. The molecule has 0 radical (unpaired) electrons. The van der Waals surface area contributed by atoms with Crippen LogP contribution in [0.1, 0.15) is 6.92 Å². The lowest BCUT2D eigenvalue weighted by Gasteiger charge is -2.06. The smallest absolute Gasteiger partial charge is 0.223 e. The summed E-state index contributed by atoms with van der Waals surface area (Å²) in [4.78, 5) is 8.12. The molecule has 0 atom stereocenters. The minimum Gasteiger partial charge on any atom is -0.494 e. The van der Waals surface area contributed by atoms with Gasteiger partial charge in [-0.15, -0.1) is 0 Å². The zero-order valence-electron chi connectivity index (χ0n) is 10.4. The minimum atomic E-state index is 0.193. The largest absolute Gasteiger partial charge is 0.494 e. The van der Waals surface area contributed by atoms with Gasteiger partial charge in [0.25, 0.3) is 0 Å². The molecule has 0 aliphatic carbocycles. The summed E-state index contributed by atoms with van der Waals surface area (Å²) in [6, 6.07) is 9.37. The van der Waals surface area contributed by atoms with Crippen LogP contribution < -0.4 is 15.2 Å². The van der Waals surface area contributed by atoms with Crippen LogP contribution in [0.25, 0.3) is 11.3 Å². The van der Waals surface area contributed by atoms with E-state index in [-0.39, 0.29) is 5.95 Å². The predicted octanol–water partition coefficient (Wildman–Crippen LogP) is 2.13. The lowest BCUT2D eigenvalue weighted by Crippen LogP contribution is -1.99. The van der Waals surface area contributed by atoms with Crippen LogP contribution in [0, 0.1) is 0 Å². The van der Waals surface area contributed by atoms with Gasteiger partial charge in [-0.3, -0.25) is 0 Å². The van der Waals surface area contributed by atoms with Crippen molar-refractivity contribution in [1.82, 2.24) is 9.97 Å². The zero-order chi connectivity index (χ0) is 13.0. The molecule has 0 saturated heterocycles. The van der Waals surface area contributed by atoms with Crippen LogP contribution in [0.4, 0.5) is 5.95 Å². The molecular formula is C13H15N3O2. The van der Waals surface area contributed by atoms with Crippen LogP contribution in [0.3, 0.4) is 0 Å².